The van der Waals surface area contributed by atoms with Gasteiger partial charge >= 0.3 is 5.92 Å². The molecule has 0 aromatic heterocycles. The number of carbonyl (C=O) groups excluding carboxylic acids is 1. The van der Waals surface area contributed by atoms with Crippen LogP contribution in [-0.2, 0) is 4.79 Å². The predicted octanol–water partition coefficient (Wildman–Crippen LogP) is 1.14. The van der Waals surface area contributed by atoms with Crippen molar-refractivity contribution < 1.29 is 18.7 Å². The van der Waals surface area contributed by atoms with Crippen LogP contribution in [0, 0.1) is 5.92 Å². The number of nitrogens with zero attached hydrogens (tertiary/aromatic N) is 1. The van der Waals surface area contributed by atoms with Gasteiger partial charge in [0, 0.05) is 19.1 Å². The Morgan fingerprint density at radius 2 is 2.05 bits per heavy atom. The van der Waals surface area contributed by atoms with E-state index in [1.807, 2.05) is 0 Å². The Morgan fingerprint density at radius 3 is 2.60 bits per heavy atom. The molecule has 2 saturated carbocycles. The third-order valence-corrected chi connectivity index (χ3v) is 4.98. The summed E-state index contributed by atoms with van der Waals surface area (Å²) >= 11 is 0. The Kier molecular flexibility index (Phi) is 3.49. The molecule has 3 aliphatic rings. The first kappa shape index (κ1) is 14.2. The van der Waals surface area contributed by atoms with Crippen molar-refractivity contribution in [2.75, 3.05) is 19.6 Å². The fourth-order valence-electron chi connectivity index (χ4n) is 3.19. The number of rotatable bonds is 5. The van der Waals surface area contributed by atoms with Crippen LogP contribution >= 0.6 is 0 Å². The first-order valence-electron chi connectivity index (χ1n) is 7.55. The summed E-state index contributed by atoms with van der Waals surface area (Å²) in [6.07, 6.45) is 4.00. The fourth-order valence-corrected chi connectivity index (χ4v) is 3.19. The Morgan fingerprint density at radius 1 is 1.35 bits per heavy atom. The summed E-state index contributed by atoms with van der Waals surface area (Å²) in [5.74, 6) is -4.73. The van der Waals surface area contributed by atoms with Gasteiger partial charge in [0.2, 0.25) is 0 Å². The van der Waals surface area contributed by atoms with Crippen molar-refractivity contribution in [3.63, 3.8) is 0 Å². The van der Waals surface area contributed by atoms with Crippen molar-refractivity contribution in [1.29, 1.82) is 0 Å². The quantitative estimate of drug-likeness (QED) is 0.797. The van der Waals surface area contributed by atoms with E-state index in [0.29, 0.717) is 12.5 Å². The minimum atomic E-state index is -3.67. The van der Waals surface area contributed by atoms with Crippen LogP contribution in [0.1, 0.15) is 38.5 Å². The minimum Gasteiger partial charge on any atom is -0.383 e. The molecule has 1 aliphatic heterocycles. The molecule has 0 aromatic carbocycles. The topological polar surface area (TPSA) is 52.6 Å². The summed E-state index contributed by atoms with van der Waals surface area (Å²) < 4.78 is 27.7. The van der Waals surface area contributed by atoms with E-state index < -0.39 is 17.4 Å². The average Bonchev–Trinajstić information content (AvgIpc) is 3.12. The molecular formula is C14H22F2N2O2. The molecule has 0 radical (unpaired) electrons. The van der Waals surface area contributed by atoms with Crippen LogP contribution in [0.2, 0.25) is 0 Å². The fraction of sp³-hybridized carbons (Fsp3) is 0.929. The van der Waals surface area contributed by atoms with Gasteiger partial charge < -0.3 is 15.3 Å². The first-order valence-corrected chi connectivity index (χ1v) is 7.55. The van der Waals surface area contributed by atoms with Gasteiger partial charge in [-0.3, -0.25) is 4.79 Å². The molecule has 1 atom stereocenters. The predicted molar refractivity (Wildman–Crippen MR) is 69.5 cm³/mol. The number of hydrogen-bond acceptors (Lipinski definition) is 3. The lowest BCUT2D eigenvalue weighted by molar-refractivity contribution is -0.216. The SMILES string of the molecule is O=C(NCC1CCN(C2CC2)C1)C(F)(F)C1(O)CCC1. The van der Waals surface area contributed by atoms with Crippen molar-refractivity contribution in [2.45, 2.75) is 56.1 Å². The highest BCUT2D eigenvalue weighted by atomic mass is 19.3. The van der Waals surface area contributed by atoms with E-state index in [1.54, 1.807) is 0 Å². The van der Waals surface area contributed by atoms with Crippen LogP contribution < -0.4 is 5.32 Å². The Hall–Kier alpha value is -0.750. The Balaban J connectivity index is 1.47. The monoisotopic (exact) mass is 288 g/mol. The number of nitrogens with one attached hydrogen (secondary N) is 1. The summed E-state index contributed by atoms with van der Waals surface area (Å²) in [6.45, 7) is 2.18. The number of alkyl halides is 2. The normalized spacial score (nSPS) is 30.1. The second-order valence-electron chi connectivity index (χ2n) is 6.55. The number of likely N-dealkylation sites (tertiary alicyclic amines) is 1. The van der Waals surface area contributed by atoms with E-state index in [-0.39, 0.29) is 25.3 Å². The summed E-state index contributed by atoms with van der Waals surface area (Å²) in [4.78, 5) is 14.0. The van der Waals surface area contributed by atoms with E-state index in [2.05, 4.69) is 10.2 Å². The highest BCUT2D eigenvalue weighted by molar-refractivity contribution is 5.85. The van der Waals surface area contributed by atoms with Gasteiger partial charge in [0.25, 0.3) is 5.91 Å². The standard InChI is InChI=1S/C14H22F2N2O2/c15-14(16,13(20)5-1-6-13)12(19)17-8-10-4-7-18(9-10)11-2-3-11/h10-11,20H,1-9H2,(H,17,19). The molecule has 2 aliphatic carbocycles. The van der Waals surface area contributed by atoms with Crippen LogP contribution in [0.25, 0.3) is 0 Å². The van der Waals surface area contributed by atoms with E-state index in [1.165, 1.54) is 12.8 Å². The average molecular weight is 288 g/mol. The largest absolute Gasteiger partial charge is 0.383 e. The van der Waals surface area contributed by atoms with Crippen LogP contribution in [0.4, 0.5) is 8.78 Å². The summed E-state index contributed by atoms with van der Waals surface area (Å²) in [5.41, 5.74) is -2.12. The van der Waals surface area contributed by atoms with Gasteiger partial charge in [-0.05, 0) is 51.0 Å². The number of aliphatic hydroxyl groups is 1. The Labute approximate surface area is 117 Å². The molecule has 114 valence electrons. The summed E-state index contributed by atoms with van der Waals surface area (Å²) in [5, 5.41) is 12.0. The van der Waals surface area contributed by atoms with E-state index in [4.69, 9.17) is 0 Å². The molecule has 3 rings (SSSR count). The molecule has 1 unspecified atom stereocenters. The number of hydrogen-bond donors (Lipinski definition) is 2. The van der Waals surface area contributed by atoms with E-state index in [0.717, 1.165) is 19.5 Å². The summed E-state index contributed by atoms with van der Waals surface area (Å²) in [6, 6.07) is 0.688. The highest BCUT2D eigenvalue weighted by Crippen LogP contribution is 2.44. The van der Waals surface area contributed by atoms with Crippen LogP contribution in [0.15, 0.2) is 0 Å². The number of amides is 1. The van der Waals surface area contributed by atoms with Gasteiger partial charge in [-0.25, -0.2) is 0 Å². The maximum Gasteiger partial charge on any atom is 0.352 e. The van der Waals surface area contributed by atoms with Crippen molar-refractivity contribution >= 4 is 5.91 Å². The third-order valence-electron chi connectivity index (χ3n) is 4.98. The van der Waals surface area contributed by atoms with Crippen molar-refractivity contribution in [3.05, 3.63) is 0 Å². The van der Waals surface area contributed by atoms with Crippen LogP contribution in [0.3, 0.4) is 0 Å². The van der Waals surface area contributed by atoms with Gasteiger partial charge in [0.1, 0.15) is 5.60 Å². The molecule has 1 saturated heterocycles. The molecule has 0 aromatic rings. The first-order chi connectivity index (χ1) is 9.42. The van der Waals surface area contributed by atoms with E-state index >= 15 is 0 Å². The second-order valence-corrected chi connectivity index (χ2v) is 6.55. The zero-order valence-electron chi connectivity index (χ0n) is 11.6. The maximum absolute atomic E-state index is 13.9. The molecule has 2 N–H and O–H groups in total. The molecule has 20 heavy (non-hydrogen) atoms. The van der Waals surface area contributed by atoms with Crippen molar-refractivity contribution in [1.82, 2.24) is 10.2 Å². The molecule has 3 fully saturated rings. The van der Waals surface area contributed by atoms with Gasteiger partial charge in [0.05, 0.1) is 0 Å². The lowest BCUT2D eigenvalue weighted by Crippen LogP contribution is -2.61. The molecule has 4 nitrogen and oxygen atoms in total. The lowest BCUT2D eigenvalue weighted by atomic mass is 9.75. The lowest BCUT2D eigenvalue weighted by Gasteiger charge is -2.41. The zero-order chi connectivity index (χ0) is 14.4. The van der Waals surface area contributed by atoms with Crippen LogP contribution in [0.5, 0.6) is 0 Å². The van der Waals surface area contributed by atoms with Gasteiger partial charge in [-0.2, -0.15) is 8.78 Å². The second kappa shape index (κ2) is 4.91. The maximum atomic E-state index is 13.9. The zero-order valence-corrected chi connectivity index (χ0v) is 11.6. The number of halogens is 2. The Bertz CT molecular complexity index is 395. The number of carbonyl (C=O) groups is 1. The minimum absolute atomic E-state index is 0.00626. The molecule has 1 heterocycles. The van der Waals surface area contributed by atoms with E-state index in [9.17, 15) is 18.7 Å². The van der Waals surface area contributed by atoms with Gasteiger partial charge in [-0.1, -0.05) is 0 Å². The smallest absolute Gasteiger partial charge is 0.352 e. The molecule has 6 heteroatoms. The van der Waals surface area contributed by atoms with Crippen molar-refractivity contribution in [3.8, 4) is 0 Å². The molecule has 1 amide bonds. The van der Waals surface area contributed by atoms with Crippen LogP contribution in [-0.4, -0.2) is 53.1 Å². The molecule has 0 bridgehead atoms. The summed E-state index contributed by atoms with van der Waals surface area (Å²) in [7, 11) is 0. The van der Waals surface area contributed by atoms with Crippen molar-refractivity contribution in [2.24, 2.45) is 5.92 Å². The van der Waals surface area contributed by atoms with Gasteiger partial charge in [0.15, 0.2) is 0 Å². The molecular weight excluding hydrogens is 266 g/mol. The molecule has 0 spiro atoms. The highest BCUT2D eigenvalue weighted by Gasteiger charge is 2.61. The van der Waals surface area contributed by atoms with Gasteiger partial charge in [-0.15, -0.1) is 0 Å². The third kappa shape index (κ3) is 2.44.